The molecule has 1 fully saturated rings. The number of benzene rings is 1. The first-order chi connectivity index (χ1) is 10.1. The van der Waals surface area contributed by atoms with E-state index in [1.807, 2.05) is 6.07 Å². The summed E-state index contributed by atoms with van der Waals surface area (Å²) in [4.78, 5) is 11.3. The van der Waals surface area contributed by atoms with Gasteiger partial charge in [0.15, 0.2) is 0 Å². The molecule has 1 aromatic rings. The molecule has 2 unspecified atom stereocenters. The number of halogens is 1. The summed E-state index contributed by atoms with van der Waals surface area (Å²) in [6, 6.07) is 5.90. The van der Waals surface area contributed by atoms with Crippen molar-refractivity contribution in [3.8, 4) is 0 Å². The van der Waals surface area contributed by atoms with Crippen molar-refractivity contribution in [3.05, 3.63) is 28.8 Å². The summed E-state index contributed by atoms with van der Waals surface area (Å²) >= 11 is 5.99. The first-order valence-corrected chi connectivity index (χ1v) is 8.33. The second kappa shape index (κ2) is 7.69. The Morgan fingerprint density at radius 2 is 2.14 bits per heavy atom. The van der Waals surface area contributed by atoms with Crippen LogP contribution in [0.3, 0.4) is 0 Å². The van der Waals surface area contributed by atoms with Crippen LogP contribution in [0.5, 0.6) is 0 Å². The summed E-state index contributed by atoms with van der Waals surface area (Å²) in [6.07, 6.45) is 8.93. The van der Waals surface area contributed by atoms with E-state index < -0.39 is 5.91 Å². The van der Waals surface area contributed by atoms with Gasteiger partial charge in [0.2, 0.25) is 5.91 Å². The van der Waals surface area contributed by atoms with Gasteiger partial charge in [-0.15, -0.1) is 0 Å². The number of amides is 1. The van der Waals surface area contributed by atoms with Crippen molar-refractivity contribution in [1.29, 1.82) is 0 Å². The molecule has 0 radical (unpaired) electrons. The molecule has 0 heterocycles. The molecule has 1 aromatic carbocycles. The number of hydrogen-bond donors (Lipinski definition) is 2. The molecule has 1 amide bonds. The fourth-order valence-corrected chi connectivity index (χ4v) is 3.47. The minimum absolute atomic E-state index is 0.388. The SMILES string of the molecule is CCCC1CCCC(Nc2ccc(Cl)c(C(N)=O)c2)CC1. The third-order valence-electron chi connectivity index (χ3n) is 4.39. The van der Waals surface area contributed by atoms with Gasteiger partial charge in [-0.25, -0.2) is 0 Å². The maximum atomic E-state index is 11.3. The Morgan fingerprint density at radius 3 is 2.86 bits per heavy atom. The highest BCUT2D eigenvalue weighted by Crippen LogP contribution is 2.29. The average molecular weight is 309 g/mol. The minimum Gasteiger partial charge on any atom is -0.382 e. The molecule has 0 spiro atoms. The van der Waals surface area contributed by atoms with Gasteiger partial charge in [-0.3, -0.25) is 4.79 Å². The summed E-state index contributed by atoms with van der Waals surface area (Å²) in [5.41, 5.74) is 6.67. The summed E-state index contributed by atoms with van der Waals surface area (Å²) < 4.78 is 0. The molecule has 1 aliphatic carbocycles. The maximum Gasteiger partial charge on any atom is 0.250 e. The number of carbonyl (C=O) groups is 1. The lowest BCUT2D eigenvalue weighted by atomic mass is 9.95. The smallest absolute Gasteiger partial charge is 0.250 e. The molecule has 3 nitrogen and oxygen atoms in total. The topological polar surface area (TPSA) is 55.1 Å². The predicted molar refractivity (Wildman–Crippen MR) is 88.9 cm³/mol. The number of rotatable bonds is 5. The quantitative estimate of drug-likeness (QED) is 0.781. The zero-order valence-electron chi connectivity index (χ0n) is 12.7. The Hall–Kier alpha value is -1.22. The van der Waals surface area contributed by atoms with Crippen LogP contribution in [0.25, 0.3) is 0 Å². The number of anilines is 1. The molecule has 0 aliphatic heterocycles. The van der Waals surface area contributed by atoms with E-state index in [0.29, 0.717) is 16.6 Å². The normalized spacial score (nSPS) is 22.6. The lowest BCUT2D eigenvalue weighted by Gasteiger charge is -2.18. The molecular weight excluding hydrogens is 284 g/mol. The lowest BCUT2D eigenvalue weighted by Crippen LogP contribution is -2.19. The van der Waals surface area contributed by atoms with Crippen LogP contribution in [-0.2, 0) is 0 Å². The average Bonchev–Trinajstić information content (AvgIpc) is 2.67. The molecule has 3 N–H and O–H groups in total. The zero-order valence-corrected chi connectivity index (χ0v) is 13.5. The standard InChI is InChI=1S/C17H25ClN2O/c1-2-4-12-5-3-6-13(8-7-12)20-14-9-10-16(18)15(11-14)17(19)21/h9-13,20H,2-8H2,1H3,(H2,19,21). The van der Waals surface area contributed by atoms with E-state index in [4.69, 9.17) is 17.3 Å². The lowest BCUT2D eigenvalue weighted by molar-refractivity contribution is 0.100. The van der Waals surface area contributed by atoms with Gasteiger partial charge in [0.1, 0.15) is 0 Å². The van der Waals surface area contributed by atoms with Crippen molar-refractivity contribution in [2.75, 3.05) is 5.32 Å². The molecule has 0 saturated heterocycles. The second-order valence-electron chi connectivity index (χ2n) is 6.06. The number of nitrogens with one attached hydrogen (secondary N) is 1. The van der Waals surface area contributed by atoms with E-state index in [2.05, 4.69) is 12.2 Å². The van der Waals surface area contributed by atoms with Crippen molar-refractivity contribution in [1.82, 2.24) is 0 Å². The van der Waals surface area contributed by atoms with E-state index in [1.165, 1.54) is 44.9 Å². The Balaban J connectivity index is 1.98. The molecule has 2 rings (SSSR count). The third-order valence-corrected chi connectivity index (χ3v) is 4.72. The molecule has 2 atom stereocenters. The highest BCUT2D eigenvalue weighted by molar-refractivity contribution is 6.33. The van der Waals surface area contributed by atoms with Crippen LogP contribution in [0.2, 0.25) is 5.02 Å². The fourth-order valence-electron chi connectivity index (χ4n) is 3.26. The van der Waals surface area contributed by atoms with Crippen LogP contribution < -0.4 is 11.1 Å². The minimum atomic E-state index is -0.479. The molecule has 1 aliphatic rings. The van der Waals surface area contributed by atoms with Gasteiger partial charge in [0.05, 0.1) is 10.6 Å². The monoisotopic (exact) mass is 308 g/mol. The first kappa shape index (κ1) is 16.2. The van der Waals surface area contributed by atoms with Crippen molar-refractivity contribution in [3.63, 3.8) is 0 Å². The number of hydrogen-bond acceptors (Lipinski definition) is 2. The molecule has 1 saturated carbocycles. The third kappa shape index (κ3) is 4.63. The van der Waals surface area contributed by atoms with Crippen LogP contribution >= 0.6 is 11.6 Å². The van der Waals surface area contributed by atoms with Gasteiger partial charge in [-0.1, -0.05) is 44.2 Å². The molecule has 116 valence electrons. The van der Waals surface area contributed by atoms with Crippen molar-refractivity contribution >= 4 is 23.2 Å². The first-order valence-electron chi connectivity index (χ1n) is 7.96. The number of nitrogens with two attached hydrogens (primary N) is 1. The summed E-state index contributed by atoms with van der Waals surface area (Å²) in [5.74, 6) is 0.403. The van der Waals surface area contributed by atoms with Gasteiger partial charge in [-0.05, 0) is 43.4 Å². The molecule has 0 aromatic heterocycles. The Bertz CT molecular complexity index is 490. The van der Waals surface area contributed by atoms with Crippen LogP contribution in [-0.4, -0.2) is 11.9 Å². The van der Waals surface area contributed by atoms with Gasteiger partial charge in [0, 0.05) is 11.7 Å². The molecular formula is C17H25ClN2O. The van der Waals surface area contributed by atoms with E-state index >= 15 is 0 Å². The van der Waals surface area contributed by atoms with Gasteiger partial charge >= 0.3 is 0 Å². The molecule has 0 bridgehead atoms. The highest BCUT2D eigenvalue weighted by Gasteiger charge is 2.18. The highest BCUT2D eigenvalue weighted by atomic mass is 35.5. The summed E-state index contributed by atoms with van der Waals surface area (Å²) in [6.45, 7) is 2.26. The van der Waals surface area contributed by atoms with Crippen molar-refractivity contribution in [2.24, 2.45) is 11.7 Å². The van der Waals surface area contributed by atoms with Gasteiger partial charge in [0.25, 0.3) is 0 Å². The van der Waals surface area contributed by atoms with Crippen LogP contribution in [0.15, 0.2) is 18.2 Å². The number of carbonyl (C=O) groups excluding carboxylic acids is 1. The zero-order chi connectivity index (χ0) is 15.2. The number of primary amides is 1. The largest absolute Gasteiger partial charge is 0.382 e. The van der Waals surface area contributed by atoms with E-state index in [1.54, 1.807) is 12.1 Å². The summed E-state index contributed by atoms with van der Waals surface area (Å²) in [5, 5.41) is 3.95. The molecule has 21 heavy (non-hydrogen) atoms. The van der Waals surface area contributed by atoms with Crippen LogP contribution in [0.1, 0.15) is 62.2 Å². The van der Waals surface area contributed by atoms with Gasteiger partial charge < -0.3 is 11.1 Å². The van der Waals surface area contributed by atoms with Crippen molar-refractivity contribution in [2.45, 2.75) is 57.9 Å². The molecule has 4 heteroatoms. The van der Waals surface area contributed by atoms with Crippen LogP contribution in [0, 0.1) is 5.92 Å². The van der Waals surface area contributed by atoms with E-state index in [9.17, 15) is 4.79 Å². The maximum absolute atomic E-state index is 11.3. The van der Waals surface area contributed by atoms with Gasteiger partial charge in [-0.2, -0.15) is 0 Å². The Labute approximate surface area is 132 Å². The fraction of sp³-hybridized carbons (Fsp3) is 0.588. The van der Waals surface area contributed by atoms with E-state index in [-0.39, 0.29) is 0 Å². The van der Waals surface area contributed by atoms with E-state index in [0.717, 1.165) is 11.6 Å². The Kier molecular flexibility index (Phi) is 5.92. The summed E-state index contributed by atoms with van der Waals surface area (Å²) in [7, 11) is 0. The second-order valence-corrected chi connectivity index (χ2v) is 6.47. The predicted octanol–water partition coefficient (Wildman–Crippen LogP) is 4.60. The van der Waals surface area contributed by atoms with Crippen molar-refractivity contribution < 1.29 is 4.79 Å². The van der Waals surface area contributed by atoms with Crippen LogP contribution in [0.4, 0.5) is 5.69 Å². The Morgan fingerprint density at radius 1 is 1.33 bits per heavy atom.